The average molecular weight is 207 g/mol. The summed E-state index contributed by atoms with van der Waals surface area (Å²) < 4.78 is 5.71. The topological polar surface area (TPSA) is 22.1 Å². The molecule has 0 bridgehead atoms. The SMILES string of the molecule is CC(C)(C)Oc1ccc(C(C)(C)C)nc1. The largest absolute Gasteiger partial charge is 0.487 e. The molecule has 84 valence electrons. The van der Waals surface area contributed by atoms with Gasteiger partial charge in [-0.3, -0.25) is 4.98 Å². The molecule has 0 saturated heterocycles. The minimum absolute atomic E-state index is 0.0975. The maximum Gasteiger partial charge on any atom is 0.138 e. The monoisotopic (exact) mass is 207 g/mol. The summed E-state index contributed by atoms with van der Waals surface area (Å²) in [4.78, 5) is 4.41. The predicted molar refractivity (Wildman–Crippen MR) is 63.3 cm³/mol. The molecule has 0 aliphatic rings. The molecule has 0 aliphatic carbocycles. The zero-order valence-electron chi connectivity index (χ0n) is 10.6. The van der Waals surface area contributed by atoms with E-state index in [1.165, 1.54) is 0 Å². The van der Waals surface area contributed by atoms with Crippen LogP contribution in [0.2, 0.25) is 0 Å². The second kappa shape index (κ2) is 3.84. The molecule has 2 heteroatoms. The highest BCUT2D eigenvalue weighted by Crippen LogP contribution is 2.23. The number of aromatic nitrogens is 1. The van der Waals surface area contributed by atoms with E-state index in [0.717, 1.165) is 11.4 Å². The summed E-state index contributed by atoms with van der Waals surface area (Å²) >= 11 is 0. The summed E-state index contributed by atoms with van der Waals surface area (Å²) in [5.41, 5.74) is 1.02. The molecule has 0 unspecified atom stereocenters. The van der Waals surface area contributed by atoms with E-state index >= 15 is 0 Å². The number of rotatable bonds is 1. The summed E-state index contributed by atoms with van der Waals surface area (Å²) in [6.45, 7) is 12.6. The first kappa shape index (κ1) is 12.0. The molecule has 0 saturated carbocycles. The van der Waals surface area contributed by atoms with E-state index in [9.17, 15) is 0 Å². The van der Waals surface area contributed by atoms with Crippen molar-refractivity contribution in [3.05, 3.63) is 24.0 Å². The van der Waals surface area contributed by atoms with Crippen molar-refractivity contribution < 1.29 is 4.74 Å². The molecule has 15 heavy (non-hydrogen) atoms. The van der Waals surface area contributed by atoms with Crippen molar-refractivity contribution in [3.8, 4) is 5.75 Å². The van der Waals surface area contributed by atoms with Gasteiger partial charge in [-0.2, -0.15) is 0 Å². The lowest BCUT2D eigenvalue weighted by Crippen LogP contribution is -2.23. The number of hydrogen-bond donors (Lipinski definition) is 0. The Morgan fingerprint density at radius 2 is 1.60 bits per heavy atom. The molecule has 2 nitrogen and oxygen atoms in total. The first-order valence-electron chi connectivity index (χ1n) is 5.34. The maximum absolute atomic E-state index is 5.71. The highest BCUT2D eigenvalue weighted by molar-refractivity contribution is 5.23. The average Bonchev–Trinajstić information content (AvgIpc) is 2.00. The lowest BCUT2D eigenvalue weighted by atomic mass is 9.92. The van der Waals surface area contributed by atoms with Gasteiger partial charge in [0.25, 0.3) is 0 Å². The van der Waals surface area contributed by atoms with Gasteiger partial charge in [0.1, 0.15) is 11.4 Å². The molecule has 0 amide bonds. The fourth-order valence-electron chi connectivity index (χ4n) is 1.24. The third-order valence-corrected chi connectivity index (χ3v) is 1.93. The van der Waals surface area contributed by atoms with E-state index in [0.29, 0.717) is 0 Å². The van der Waals surface area contributed by atoms with Crippen LogP contribution in [0.3, 0.4) is 0 Å². The van der Waals surface area contributed by atoms with Crippen molar-refractivity contribution in [1.82, 2.24) is 4.98 Å². The minimum Gasteiger partial charge on any atom is -0.487 e. The quantitative estimate of drug-likeness (QED) is 0.702. The van der Waals surface area contributed by atoms with E-state index in [4.69, 9.17) is 4.74 Å². The molecule has 1 aromatic rings. The van der Waals surface area contributed by atoms with Gasteiger partial charge in [-0.15, -0.1) is 0 Å². The molecule has 0 spiro atoms. The van der Waals surface area contributed by atoms with E-state index in [2.05, 4.69) is 25.8 Å². The summed E-state index contributed by atoms with van der Waals surface area (Å²) in [6, 6.07) is 4.01. The Kier molecular flexibility index (Phi) is 3.08. The maximum atomic E-state index is 5.71. The minimum atomic E-state index is -0.162. The standard InChI is InChI=1S/C13H21NO/c1-12(2,3)11-8-7-10(9-14-11)15-13(4,5)6/h7-9H,1-6H3. The van der Waals surface area contributed by atoms with Crippen LogP contribution in [-0.4, -0.2) is 10.6 Å². The second-order valence-corrected chi connectivity index (χ2v) is 5.84. The van der Waals surface area contributed by atoms with Gasteiger partial charge < -0.3 is 4.74 Å². The summed E-state index contributed by atoms with van der Waals surface area (Å²) in [6.07, 6.45) is 1.80. The van der Waals surface area contributed by atoms with Crippen LogP contribution in [0.25, 0.3) is 0 Å². The Bertz CT molecular complexity index is 314. The van der Waals surface area contributed by atoms with Gasteiger partial charge in [0, 0.05) is 11.1 Å². The Balaban J connectivity index is 2.82. The number of pyridine rings is 1. The zero-order chi connectivity index (χ0) is 11.7. The van der Waals surface area contributed by atoms with E-state index in [1.807, 2.05) is 32.9 Å². The summed E-state index contributed by atoms with van der Waals surface area (Å²) in [5.74, 6) is 0.829. The van der Waals surface area contributed by atoms with Crippen LogP contribution in [0.5, 0.6) is 5.75 Å². The smallest absolute Gasteiger partial charge is 0.138 e. The highest BCUT2D eigenvalue weighted by atomic mass is 16.5. The van der Waals surface area contributed by atoms with Crippen molar-refractivity contribution in [1.29, 1.82) is 0 Å². The molecule has 0 N–H and O–H groups in total. The summed E-state index contributed by atoms with van der Waals surface area (Å²) in [5, 5.41) is 0. The molecule has 0 fully saturated rings. The van der Waals surface area contributed by atoms with E-state index < -0.39 is 0 Å². The second-order valence-electron chi connectivity index (χ2n) is 5.84. The fraction of sp³-hybridized carbons (Fsp3) is 0.615. The molecule has 0 radical (unpaired) electrons. The van der Waals surface area contributed by atoms with Gasteiger partial charge in [-0.25, -0.2) is 0 Å². The van der Waals surface area contributed by atoms with Gasteiger partial charge in [0.15, 0.2) is 0 Å². The molecule has 1 heterocycles. The molecule has 1 aromatic heterocycles. The van der Waals surface area contributed by atoms with Gasteiger partial charge >= 0.3 is 0 Å². The van der Waals surface area contributed by atoms with Crippen molar-refractivity contribution >= 4 is 0 Å². The van der Waals surface area contributed by atoms with Crippen molar-refractivity contribution in [2.75, 3.05) is 0 Å². The molecule has 1 rings (SSSR count). The highest BCUT2D eigenvalue weighted by Gasteiger charge is 2.16. The van der Waals surface area contributed by atoms with E-state index in [1.54, 1.807) is 6.20 Å². The Hall–Kier alpha value is -1.05. The normalized spacial score (nSPS) is 12.7. The zero-order valence-corrected chi connectivity index (χ0v) is 10.6. The van der Waals surface area contributed by atoms with E-state index in [-0.39, 0.29) is 11.0 Å². The summed E-state index contributed by atoms with van der Waals surface area (Å²) in [7, 11) is 0. The molecule has 0 atom stereocenters. The van der Waals surface area contributed by atoms with Crippen molar-refractivity contribution in [2.24, 2.45) is 0 Å². The fourth-order valence-corrected chi connectivity index (χ4v) is 1.24. The van der Waals surface area contributed by atoms with Crippen molar-refractivity contribution in [2.45, 2.75) is 52.6 Å². The third-order valence-electron chi connectivity index (χ3n) is 1.93. The third kappa shape index (κ3) is 3.90. The van der Waals surface area contributed by atoms with Gasteiger partial charge in [0.05, 0.1) is 6.20 Å². The number of nitrogens with zero attached hydrogens (tertiary/aromatic N) is 1. The van der Waals surface area contributed by atoms with Gasteiger partial charge in [-0.05, 0) is 32.9 Å². The molecular formula is C13H21NO. The van der Waals surface area contributed by atoms with Crippen LogP contribution in [0.4, 0.5) is 0 Å². The Morgan fingerprint density at radius 1 is 1.00 bits per heavy atom. The van der Waals surface area contributed by atoms with Crippen LogP contribution >= 0.6 is 0 Å². The lowest BCUT2D eigenvalue weighted by molar-refractivity contribution is 0.130. The van der Waals surface area contributed by atoms with Crippen LogP contribution in [0.15, 0.2) is 18.3 Å². The lowest BCUT2D eigenvalue weighted by Gasteiger charge is -2.22. The Labute approximate surface area is 92.7 Å². The van der Waals surface area contributed by atoms with Crippen molar-refractivity contribution in [3.63, 3.8) is 0 Å². The number of hydrogen-bond acceptors (Lipinski definition) is 2. The first-order chi connectivity index (χ1) is 6.68. The Morgan fingerprint density at radius 3 is 1.93 bits per heavy atom. The first-order valence-corrected chi connectivity index (χ1v) is 5.34. The van der Waals surface area contributed by atoms with Gasteiger partial charge in [-0.1, -0.05) is 20.8 Å². The molecular weight excluding hydrogens is 186 g/mol. The van der Waals surface area contributed by atoms with Crippen LogP contribution in [0.1, 0.15) is 47.2 Å². The van der Waals surface area contributed by atoms with Crippen LogP contribution in [0, 0.1) is 0 Å². The molecule has 0 aliphatic heterocycles. The van der Waals surface area contributed by atoms with Gasteiger partial charge in [0.2, 0.25) is 0 Å². The number of ether oxygens (including phenoxy) is 1. The van der Waals surface area contributed by atoms with Crippen LogP contribution in [-0.2, 0) is 5.41 Å². The van der Waals surface area contributed by atoms with Crippen LogP contribution < -0.4 is 4.74 Å². The predicted octanol–water partition coefficient (Wildman–Crippen LogP) is 3.56. The molecule has 0 aromatic carbocycles.